The first-order valence-corrected chi connectivity index (χ1v) is 9.17. The second-order valence-electron chi connectivity index (χ2n) is 6.48. The Balaban J connectivity index is 2.70. The predicted molar refractivity (Wildman–Crippen MR) is 103 cm³/mol. The molecule has 0 aliphatic rings. The van der Waals surface area contributed by atoms with E-state index in [0.717, 1.165) is 4.88 Å². The van der Waals surface area contributed by atoms with Crippen LogP contribution in [0, 0.1) is 5.41 Å². The molecule has 0 atom stereocenters. The topological polar surface area (TPSA) is 85.8 Å². The molecule has 25 heavy (non-hydrogen) atoms. The third-order valence-electron chi connectivity index (χ3n) is 3.53. The van der Waals surface area contributed by atoms with Crippen molar-refractivity contribution >= 4 is 29.1 Å². The zero-order chi connectivity index (χ0) is 18.9. The van der Waals surface area contributed by atoms with E-state index in [1.165, 1.54) is 4.90 Å². The van der Waals surface area contributed by atoms with Gasteiger partial charge in [0.2, 0.25) is 11.8 Å². The fourth-order valence-electron chi connectivity index (χ4n) is 1.83. The van der Waals surface area contributed by atoms with Crippen LogP contribution in [-0.4, -0.2) is 56.4 Å². The van der Waals surface area contributed by atoms with Crippen LogP contribution in [0.25, 0.3) is 0 Å². The molecule has 0 radical (unpaired) electrons. The van der Waals surface area contributed by atoms with Gasteiger partial charge in [-0.05, 0) is 32.2 Å². The first kappa shape index (κ1) is 21.0. The van der Waals surface area contributed by atoms with Crippen LogP contribution in [0.4, 0.5) is 0 Å². The number of guanidine groups is 1. The number of carbonyl (C=O) groups excluding carboxylic acids is 2. The number of thiophene rings is 1. The van der Waals surface area contributed by atoms with Crippen LogP contribution < -0.4 is 16.0 Å². The molecule has 0 spiro atoms. The van der Waals surface area contributed by atoms with E-state index in [0.29, 0.717) is 25.6 Å². The number of nitrogens with zero attached hydrogens (tertiary/aromatic N) is 2. The predicted octanol–water partition coefficient (Wildman–Crippen LogP) is 1.03. The van der Waals surface area contributed by atoms with Crippen LogP contribution in [0.1, 0.15) is 25.6 Å². The Morgan fingerprint density at radius 1 is 1.24 bits per heavy atom. The smallest absolute Gasteiger partial charge is 0.243 e. The lowest BCUT2D eigenvalue weighted by molar-refractivity contribution is -0.129. The second-order valence-corrected chi connectivity index (χ2v) is 7.52. The minimum Gasteiger partial charge on any atom is -0.356 e. The van der Waals surface area contributed by atoms with Crippen molar-refractivity contribution in [2.24, 2.45) is 10.4 Å². The number of rotatable bonds is 8. The van der Waals surface area contributed by atoms with Gasteiger partial charge in [0.05, 0.1) is 12.0 Å². The van der Waals surface area contributed by atoms with E-state index in [2.05, 4.69) is 20.9 Å². The molecular weight excluding hydrogens is 338 g/mol. The van der Waals surface area contributed by atoms with E-state index in [1.807, 2.05) is 38.3 Å². The Hall–Kier alpha value is -2.09. The number of hydrogen-bond donors (Lipinski definition) is 3. The number of aliphatic imine (C=N–C) groups is 1. The van der Waals surface area contributed by atoms with E-state index in [4.69, 9.17) is 0 Å². The first-order chi connectivity index (χ1) is 11.8. The lowest BCUT2D eigenvalue weighted by Gasteiger charge is -2.25. The molecule has 140 valence electrons. The molecule has 0 saturated carbocycles. The molecule has 0 saturated heterocycles. The molecule has 1 aromatic heterocycles. The summed E-state index contributed by atoms with van der Waals surface area (Å²) in [6.45, 7) is 7.29. The quantitative estimate of drug-likeness (QED) is 0.473. The van der Waals surface area contributed by atoms with Gasteiger partial charge in [-0.25, -0.2) is 4.99 Å². The zero-order valence-electron chi connectivity index (χ0n) is 15.7. The molecule has 3 N–H and O–H groups in total. The summed E-state index contributed by atoms with van der Waals surface area (Å²) in [7, 11) is 3.39. The molecule has 7 nitrogen and oxygen atoms in total. The maximum Gasteiger partial charge on any atom is 0.243 e. The summed E-state index contributed by atoms with van der Waals surface area (Å²) >= 11 is 1.64. The molecule has 0 fully saturated rings. The van der Waals surface area contributed by atoms with Crippen molar-refractivity contribution < 1.29 is 9.59 Å². The van der Waals surface area contributed by atoms with E-state index in [9.17, 15) is 9.59 Å². The van der Waals surface area contributed by atoms with E-state index >= 15 is 0 Å². The Morgan fingerprint density at radius 3 is 2.52 bits per heavy atom. The third-order valence-corrected chi connectivity index (χ3v) is 4.41. The van der Waals surface area contributed by atoms with Crippen molar-refractivity contribution in [1.29, 1.82) is 0 Å². The van der Waals surface area contributed by atoms with Crippen molar-refractivity contribution in [3.8, 4) is 0 Å². The standard InChI is InChI=1S/C17H29N5O2S/c1-6-18-15(24)17(2,3)12-21-16(20-11-14(23)22(4)5)19-10-13-8-7-9-25-13/h7-9H,6,10-12H2,1-5H3,(H,18,24)(H2,19,20,21). The number of amides is 2. The van der Waals surface area contributed by atoms with Gasteiger partial charge in [0.1, 0.15) is 6.54 Å². The van der Waals surface area contributed by atoms with Gasteiger partial charge in [0.25, 0.3) is 0 Å². The van der Waals surface area contributed by atoms with Gasteiger partial charge in [-0.1, -0.05) is 6.07 Å². The molecule has 0 aliphatic heterocycles. The van der Waals surface area contributed by atoms with Crippen molar-refractivity contribution in [1.82, 2.24) is 20.9 Å². The Morgan fingerprint density at radius 2 is 1.96 bits per heavy atom. The summed E-state index contributed by atoms with van der Waals surface area (Å²) in [5.74, 6) is 0.408. The average molecular weight is 368 g/mol. The summed E-state index contributed by atoms with van der Waals surface area (Å²) in [5, 5.41) is 11.2. The summed E-state index contributed by atoms with van der Waals surface area (Å²) in [6, 6.07) is 4.01. The van der Waals surface area contributed by atoms with Gasteiger partial charge in [0.15, 0.2) is 5.96 Å². The monoisotopic (exact) mass is 367 g/mol. The van der Waals surface area contributed by atoms with Crippen molar-refractivity contribution in [3.63, 3.8) is 0 Å². The molecule has 1 heterocycles. The van der Waals surface area contributed by atoms with Gasteiger partial charge >= 0.3 is 0 Å². The SMILES string of the molecule is CCNC(=O)C(C)(C)CNC(=NCC(=O)N(C)C)NCc1cccs1. The fraction of sp³-hybridized carbons (Fsp3) is 0.588. The zero-order valence-corrected chi connectivity index (χ0v) is 16.5. The Kier molecular flexibility index (Phi) is 8.40. The van der Waals surface area contributed by atoms with Gasteiger partial charge in [-0.3, -0.25) is 9.59 Å². The van der Waals surface area contributed by atoms with Crippen LogP contribution in [0.3, 0.4) is 0 Å². The summed E-state index contributed by atoms with van der Waals surface area (Å²) in [4.78, 5) is 30.9. The molecule has 0 aromatic carbocycles. The van der Waals surface area contributed by atoms with Gasteiger partial charge < -0.3 is 20.9 Å². The van der Waals surface area contributed by atoms with E-state index in [-0.39, 0.29) is 18.4 Å². The first-order valence-electron chi connectivity index (χ1n) is 8.29. The molecule has 8 heteroatoms. The number of hydrogen-bond acceptors (Lipinski definition) is 4. The van der Waals surface area contributed by atoms with Crippen LogP contribution in [0.5, 0.6) is 0 Å². The van der Waals surface area contributed by atoms with E-state index < -0.39 is 5.41 Å². The van der Waals surface area contributed by atoms with Gasteiger partial charge in [-0.15, -0.1) is 11.3 Å². The van der Waals surface area contributed by atoms with E-state index in [1.54, 1.807) is 25.4 Å². The maximum atomic E-state index is 12.1. The van der Waals surface area contributed by atoms with Crippen molar-refractivity contribution in [3.05, 3.63) is 22.4 Å². The summed E-state index contributed by atoms with van der Waals surface area (Å²) < 4.78 is 0. The molecule has 1 rings (SSSR count). The maximum absolute atomic E-state index is 12.1. The highest BCUT2D eigenvalue weighted by Gasteiger charge is 2.27. The van der Waals surface area contributed by atoms with Crippen LogP contribution in [0.15, 0.2) is 22.5 Å². The lowest BCUT2D eigenvalue weighted by Crippen LogP contribution is -2.48. The highest BCUT2D eigenvalue weighted by Crippen LogP contribution is 2.13. The minimum absolute atomic E-state index is 0.0236. The molecular formula is C17H29N5O2S. The van der Waals surface area contributed by atoms with Crippen molar-refractivity contribution in [2.45, 2.75) is 27.3 Å². The number of likely N-dealkylation sites (N-methyl/N-ethyl adjacent to an activating group) is 1. The van der Waals surface area contributed by atoms with Crippen LogP contribution in [-0.2, 0) is 16.1 Å². The Labute approximate surface area is 153 Å². The average Bonchev–Trinajstić information content (AvgIpc) is 3.07. The highest BCUT2D eigenvalue weighted by molar-refractivity contribution is 7.09. The van der Waals surface area contributed by atoms with Gasteiger partial charge in [0, 0.05) is 32.1 Å². The minimum atomic E-state index is -0.590. The molecule has 0 aliphatic carbocycles. The Bertz CT molecular complexity index is 582. The highest BCUT2D eigenvalue weighted by atomic mass is 32.1. The normalized spacial score (nSPS) is 11.8. The molecule has 1 aromatic rings. The number of nitrogens with one attached hydrogen (secondary N) is 3. The van der Waals surface area contributed by atoms with Gasteiger partial charge in [-0.2, -0.15) is 0 Å². The summed E-state index contributed by atoms with van der Waals surface area (Å²) in [5.41, 5.74) is -0.590. The fourth-order valence-corrected chi connectivity index (χ4v) is 2.48. The second kappa shape index (κ2) is 10.0. The third kappa shape index (κ3) is 7.55. The van der Waals surface area contributed by atoms with Crippen molar-refractivity contribution in [2.75, 3.05) is 33.7 Å². The molecule has 0 unspecified atom stereocenters. The number of carbonyl (C=O) groups is 2. The largest absolute Gasteiger partial charge is 0.356 e. The molecule has 0 bridgehead atoms. The lowest BCUT2D eigenvalue weighted by atomic mass is 9.92. The van der Waals surface area contributed by atoms with Crippen LogP contribution >= 0.6 is 11.3 Å². The molecule has 2 amide bonds. The summed E-state index contributed by atoms with van der Waals surface area (Å²) in [6.07, 6.45) is 0. The van der Waals surface area contributed by atoms with Crippen LogP contribution in [0.2, 0.25) is 0 Å².